The summed E-state index contributed by atoms with van der Waals surface area (Å²) in [6, 6.07) is 0. The molecule has 0 bridgehead atoms. The number of hydrogen-bond acceptors (Lipinski definition) is 3. The number of alkyl halides is 3. The molecule has 0 saturated carbocycles. The molecule has 1 aromatic rings. The summed E-state index contributed by atoms with van der Waals surface area (Å²) in [6.45, 7) is 3.02. The van der Waals surface area contributed by atoms with Gasteiger partial charge in [-0.05, 0) is 19.1 Å². The molecule has 0 saturated heterocycles. The Morgan fingerprint density at radius 1 is 1.55 bits per heavy atom. The molecule has 0 aliphatic heterocycles. The number of carbonyl (C=O) groups is 1. The Morgan fingerprint density at radius 3 is 2.70 bits per heavy atom. The number of aromatic carboxylic acids is 1. The third kappa shape index (κ3) is 2.48. The number of thiophene rings is 1. The van der Waals surface area contributed by atoms with Crippen LogP contribution in [0.5, 0.6) is 0 Å². The van der Waals surface area contributed by atoms with E-state index in [-0.39, 0.29) is 11.3 Å². The summed E-state index contributed by atoms with van der Waals surface area (Å²) in [5.41, 5.74) is -1.28. The van der Waals surface area contributed by atoms with Crippen LogP contribution in [0.1, 0.15) is 34.0 Å². The number of fused-ring (bicyclic) bond motifs is 1. The van der Waals surface area contributed by atoms with Crippen molar-refractivity contribution in [3.05, 3.63) is 21.4 Å². The topological polar surface area (TPSA) is 37.3 Å². The maximum Gasteiger partial charge on any atom is 0.397 e. The van der Waals surface area contributed by atoms with Crippen molar-refractivity contribution in [3.8, 4) is 0 Å². The average molecular weight is 322 g/mol. The van der Waals surface area contributed by atoms with Crippen LogP contribution in [0.4, 0.5) is 13.2 Å². The van der Waals surface area contributed by atoms with Crippen LogP contribution in [0.3, 0.4) is 0 Å². The van der Waals surface area contributed by atoms with E-state index in [9.17, 15) is 23.1 Å². The van der Waals surface area contributed by atoms with Gasteiger partial charge in [-0.25, -0.2) is 4.79 Å². The van der Waals surface area contributed by atoms with Crippen molar-refractivity contribution < 1.29 is 23.1 Å². The van der Waals surface area contributed by atoms with E-state index in [1.165, 1.54) is 17.8 Å². The minimum Gasteiger partial charge on any atom is -0.477 e. The lowest BCUT2D eigenvalue weighted by molar-refractivity contribution is -0.199. The number of carboxylic acids is 1. The normalized spacial score (nSPS) is 21.9. The smallest absolute Gasteiger partial charge is 0.397 e. The molecule has 2 nitrogen and oxygen atoms in total. The van der Waals surface area contributed by atoms with Crippen LogP contribution in [0.2, 0.25) is 0 Å². The molecule has 7 heteroatoms. The molecule has 1 N–H and O–H groups in total. The summed E-state index contributed by atoms with van der Waals surface area (Å²) in [4.78, 5) is 12.4. The molecule has 20 heavy (non-hydrogen) atoms. The van der Waals surface area contributed by atoms with Gasteiger partial charge >= 0.3 is 12.1 Å². The minimum atomic E-state index is -4.34. The molecule has 2 rings (SSSR count). The second kappa shape index (κ2) is 5.11. The Balaban J connectivity index is 2.50. The molecule has 1 aliphatic rings. The zero-order chi connectivity index (χ0) is 15.1. The zero-order valence-corrected chi connectivity index (χ0v) is 12.5. The molecule has 1 atom stereocenters. The Hall–Kier alpha value is -0.950. The van der Waals surface area contributed by atoms with Crippen molar-refractivity contribution in [2.75, 3.05) is 5.75 Å². The molecule has 0 fully saturated rings. The van der Waals surface area contributed by atoms with E-state index < -0.39 is 17.6 Å². The highest BCUT2D eigenvalue weighted by Crippen LogP contribution is 2.49. The molecule has 1 heterocycles. The van der Waals surface area contributed by atoms with Crippen LogP contribution in [0.15, 0.2) is 11.0 Å². The lowest BCUT2D eigenvalue weighted by Crippen LogP contribution is -2.36. The van der Waals surface area contributed by atoms with Gasteiger partial charge in [-0.15, -0.1) is 23.1 Å². The molecule has 0 spiro atoms. The van der Waals surface area contributed by atoms with Gasteiger partial charge in [0.2, 0.25) is 0 Å². The second-order valence-electron chi connectivity index (χ2n) is 4.76. The zero-order valence-electron chi connectivity index (χ0n) is 10.9. The average Bonchev–Trinajstić information content (AvgIpc) is 2.66. The molecule has 1 aliphatic carbocycles. The van der Waals surface area contributed by atoms with Crippen LogP contribution in [-0.2, 0) is 6.42 Å². The summed E-state index contributed by atoms with van der Waals surface area (Å²) in [7, 11) is 0. The van der Waals surface area contributed by atoms with E-state index in [2.05, 4.69) is 0 Å². The lowest BCUT2D eigenvalue weighted by atomic mass is 9.80. The predicted octanol–water partition coefficient (Wildman–Crippen LogP) is 4.70. The first-order chi connectivity index (χ1) is 9.19. The van der Waals surface area contributed by atoms with Crippen molar-refractivity contribution in [1.29, 1.82) is 0 Å². The molecule has 0 radical (unpaired) electrons. The number of carboxylic acid groups (broad SMARTS) is 1. The van der Waals surface area contributed by atoms with Gasteiger partial charge in [0.15, 0.2) is 0 Å². The summed E-state index contributed by atoms with van der Waals surface area (Å²) >= 11 is 2.31. The van der Waals surface area contributed by atoms with E-state index >= 15 is 0 Å². The molecule has 110 valence electrons. The maximum atomic E-state index is 13.1. The fraction of sp³-hybridized carbons (Fsp3) is 0.462. The van der Waals surface area contributed by atoms with Gasteiger partial charge in [-0.3, -0.25) is 0 Å². The first-order valence-corrected chi connectivity index (χ1v) is 7.77. The quantitative estimate of drug-likeness (QED) is 0.820. The van der Waals surface area contributed by atoms with Crippen LogP contribution >= 0.6 is 23.1 Å². The summed E-state index contributed by atoms with van der Waals surface area (Å²) in [5.74, 6) is -0.407. The van der Waals surface area contributed by atoms with Gasteiger partial charge in [0.25, 0.3) is 0 Å². The number of hydrogen-bond donors (Lipinski definition) is 1. The fourth-order valence-corrected chi connectivity index (χ4v) is 4.46. The summed E-state index contributed by atoms with van der Waals surface area (Å²) in [5, 5.41) is 9.18. The Morgan fingerprint density at radius 2 is 2.20 bits per heavy atom. The Bertz CT molecular complexity index is 575. The van der Waals surface area contributed by atoms with E-state index in [1.807, 2.05) is 6.92 Å². The summed E-state index contributed by atoms with van der Waals surface area (Å²) < 4.78 is 39.2. The molecule has 1 aromatic heterocycles. The highest BCUT2D eigenvalue weighted by molar-refractivity contribution is 7.99. The Labute approximate surface area is 122 Å². The van der Waals surface area contributed by atoms with E-state index in [4.69, 9.17) is 0 Å². The van der Waals surface area contributed by atoms with Gasteiger partial charge < -0.3 is 5.11 Å². The molecular weight excluding hydrogens is 309 g/mol. The van der Waals surface area contributed by atoms with Crippen LogP contribution in [-0.4, -0.2) is 23.0 Å². The SMILES string of the molecule is CCSc1c(C(=O)O)sc2c1C=CC(C)(C(F)(F)F)C2. The lowest BCUT2D eigenvalue weighted by Gasteiger charge is -2.31. The Kier molecular flexibility index (Phi) is 3.94. The van der Waals surface area contributed by atoms with E-state index in [0.29, 0.717) is 21.1 Å². The van der Waals surface area contributed by atoms with Gasteiger partial charge in [-0.2, -0.15) is 13.2 Å². The van der Waals surface area contributed by atoms with E-state index in [1.54, 1.807) is 0 Å². The van der Waals surface area contributed by atoms with Crippen molar-refractivity contribution in [3.63, 3.8) is 0 Å². The van der Waals surface area contributed by atoms with Crippen LogP contribution in [0.25, 0.3) is 6.08 Å². The van der Waals surface area contributed by atoms with Crippen LogP contribution < -0.4 is 0 Å². The third-order valence-electron chi connectivity index (χ3n) is 3.25. The highest BCUT2D eigenvalue weighted by atomic mass is 32.2. The first-order valence-electron chi connectivity index (χ1n) is 5.97. The van der Waals surface area contributed by atoms with Crippen molar-refractivity contribution in [1.82, 2.24) is 0 Å². The monoisotopic (exact) mass is 322 g/mol. The highest BCUT2D eigenvalue weighted by Gasteiger charge is 2.51. The summed E-state index contributed by atoms with van der Waals surface area (Å²) in [6.07, 6.45) is -1.97. The molecule has 0 amide bonds. The molecular formula is C13H13F3O2S2. The second-order valence-corrected chi connectivity index (χ2v) is 7.14. The standard InChI is InChI=1S/C13H13F3O2S2/c1-3-19-9-7-4-5-12(2,13(14,15)16)6-8(7)20-10(9)11(17)18/h4-5H,3,6H2,1-2H3,(H,17,18). The number of rotatable bonds is 3. The maximum absolute atomic E-state index is 13.1. The first kappa shape index (κ1) is 15.4. The molecule has 1 unspecified atom stereocenters. The number of halogens is 3. The van der Waals surface area contributed by atoms with Gasteiger partial charge in [-0.1, -0.05) is 19.1 Å². The third-order valence-corrected chi connectivity index (χ3v) is 5.58. The molecule has 0 aromatic carbocycles. The largest absolute Gasteiger partial charge is 0.477 e. The minimum absolute atomic E-state index is 0.137. The van der Waals surface area contributed by atoms with Gasteiger partial charge in [0.1, 0.15) is 4.88 Å². The van der Waals surface area contributed by atoms with Crippen molar-refractivity contribution >= 4 is 35.1 Å². The fourth-order valence-electron chi connectivity index (χ4n) is 2.06. The number of thioether (sulfide) groups is 1. The van der Waals surface area contributed by atoms with Gasteiger partial charge in [0, 0.05) is 15.3 Å². The van der Waals surface area contributed by atoms with Gasteiger partial charge in [0.05, 0.1) is 5.41 Å². The van der Waals surface area contributed by atoms with Crippen molar-refractivity contribution in [2.45, 2.75) is 31.3 Å². The predicted molar refractivity (Wildman–Crippen MR) is 74.6 cm³/mol. The van der Waals surface area contributed by atoms with E-state index in [0.717, 1.165) is 24.3 Å². The van der Waals surface area contributed by atoms with Crippen LogP contribution in [0, 0.1) is 5.41 Å². The van der Waals surface area contributed by atoms with Crippen molar-refractivity contribution in [2.24, 2.45) is 5.41 Å². The number of allylic oxidation sites excluding steroid dienone is 1.